The summed E-state index contributed by atoms with van der Waals surface area (Å²) in [6.07, 6.45) is 3.27. The van der Waals surface area contributed by atoms with Crippen LogP contribution in [0.5, 0.6) is 11.5 Å². The second-order valence-corrected chi connectivity index (χ2v) is 11.5. The molecule has 2 aromatic carbocycles. The van der Waals surface area contributed by atoms with Gasteiger partial charge in [-0.3, -0.25) is 9.58 Å². The van der Waals surface area contributed by atoms with Crippen molar-refractivity contribution < 1.29 is 17.9 Å². The molecule has 0 bridgehead atoms. The van der Waals surface area contributed by atoms with Crippen molar-refractivity contribution in [1.29, 1.82) is 0 Å². The zero-order valence-corrected chi connectivity index (χ0v) is 21.9. The van der Waals surface area contributed by atoms with Gasteiger partial charge in [-0.25, -0.2) is 8.42 Å². The van der Waals surface area contributed by atoms with E-state index < -0.39 is 10.0 Å². The number of likely N-dealkylation sites (tertiary alicyclic amines) is 1. The Kier molecular flexibility index (Phi) is 7.05. The van der Waals surface area contributed by atoms with Gasteiger partial charge in [-0.15, -0.1) is 0 Å². The molecule has 3 aromatic rings. The van der Waals surface area contributed by atoms with Crippen LogP contribution < -0.4 is 9.47 Å². The van der Waals surface area contributed by atoms with Crippen molar-refractivity contribution in [1.82, 2.24) is 19.0 Å². The maximum absolute atomic E-state index is 14.1. The standard InChI is InChI=1S/C27H34N4O4S/c1-20(29-15-4-16-29)26-17-27(28-31(26)23-9-10-23)36(32,33)30(18-21-5-11-24(34-2)12-6-21)19-22-7-13-25(35-3)14-8-22/h5-8,11-14,17,20,23H,4,9-10,15-16,18-19H2,1-3H3. The highest BCUT2D eigenvalue weighted by Crippen LogP contribution is 2.39. The Hall–Kier alpha value is -2.88. The van der Waals surface area contributed by atoms with Crippen LogP contribution in [0.3, 0.4) is 0 Å². The Balaban J connectivity index is 1.48. The van der Waals surface area contributed by atoms with Crippen LogP contribution in [0, 0.1) is 0 Å². The van der Waals surface area contributed by atoms with Crippen LogP contribution >= 0.6 is 0 Å². The van der Waals surface area contributed by atoms with E-state index in [0.29, 0.717) is 6.04 Å². The van der Waals surface area contributed by atoms with Crippen LogP contribution in [-0.2, 0) is 23.1 Å². The van der Waals surface area contributed by atoms with Crippen molar-refractivity contribution in [3.8, 4) is 11.5 Å². The molecule has 1 saturated heterocycles. The van der Waals surface area contributed by atoms with Gasteiger partial charge in [-0.2, -0.15) is 9.40 Å². The van der Waals surface area contributed by atoms with Crippen molar-refractivity contribution >= 4 is 10.0 Å². The van der Waals surface area contributed by atoms with Gasteiger partial charge in [0.25, 0.3) is 10.0 Å². The molecule has 1 saturated carbocycles. The lowest BCUT2D eigenvalue weighted by Gasteiger charge is -2.36. The summed E-state index contributed by atoms with van der Waals surface area (Å²) in [7, 11) is -0.633. The fourth-order valence-corrected chi connectivity index (χ4v) is 5.94. The van der Waals surface area contributed by atoms with Gasteiger partial charge in [0.05, 0.1) is 26.0 Å². The van der Waals surface area contributed by atoms with Crippen LogP contribution in [-0.4, -0.2) is 54.7 Å². The lowest BCUT2D eigenvalue weighted by atomic mass is 10.1. The number of hydrogen-bond acceptors (Lipinski definition) is 6. The quantitative estimate of drug-likeness (QED) is 0.381. The predicted molar refractivity (Wildman–Crippen MR) is 138 cm³/mol. The summed E-state index contributed by atoms with van der Waals surface area (Å²) in [5.41, 5.74) is 2.75. The number of rotatable bonds is 11. The second-order valence-electron chi connectivity index (χ2n) is 9.62. The average molecular weight is 511 g/mol. The molecule has 0 radical (unpaired) electrons. The van der Waals surface area contributed by atoms with Crippen LogP contribution in [0.1, 0.15) is 55.1 Å². The summed E-state index contributed by atoms with van der Waals surface area (Å²) < 4.78 is 42.1. The molecule has 2 aliphatic rings. The van der Waals surface area contributed by atoms with E-state index in [1.807, 2.05) is 53.2 Å². The van der Waals surface area contributed by atoms with Gasteiger partial charge in [-0.1, -0.05) is 24.3 Å². The number of nitrogens with zero attached hydrogens (tertiary/aromatic N) is 4. The van der Waals surface area contributed by atoms with Crippen molar-refractivity contribution in [2.24, 2.45) is 0 Å². The van der Waals surface area contributed by atoms with Crippen molar-refractivity contribution in [2.75, 3.05) is 27.3 Å². The molecule has 1 atom stereocenters. The van der Waals surface area contributed by atoms with Gasteiger partial charge < -0.3 is 9.47 Å². The van der Waals surface area contributed by atoms with E-state index in [2.05, 4.69) is 16.9 Å². The molecule has 1 unspecified atom stereocenters. The number of sulfonamides is 1. The molecule has 8 nitrogen and oxygen atoms in total. The van der Waals surface area contributed by atoms with E-state index in [-0.39, 0.29) is 24.2 Å². The first-order valence-electron chi connectivity index (χ1n) is 12.5. The SMILES string of the molecule is COc1ccc(CN(Cc2ccc(OC)cc2)S(=O)(=O)c2cc(C(C)N3CCC3)n(C3CC3)n2)cc1. The number of hydrogen-bond donors (Lipinski definition) is 0. The minimum Gasteiger partial charge on any atom is -0.497 e. The monoisotopic (exact) mass is 510 g/mol. The number of benzene rings is 2. The van der Waals surface area contributed by atoms with Crippen LogP contribution in [0.4, 0.5) is 0 Å². The van der Waals surface area contributed by atoms with Crippen molar-refractivity contribution in [2.45, 2.75) is 56.4 Å². The van der Waals surface area contributed by atoms with Crippen LogP contribution in [0.15, 0.2) is 59.6 Å². The molecular formula is C27H34N4O4S. The molecule has 192 valence electrons. The minimum absolute atomic E-state index is 0.124. The van der Waals surface area contributed by atoms with E-state index in [0.717, 1.165) is 54.3 Å². The highest BCUT2D eigenvalue weighted by Gasteiger charge is 2.36. The largest absolute Gasteiger partial charge is 0.497 e. The van der Waals surface area contributed by atoms with Crippen molar-refractivity contribution in [3.63, 3.8) is 0 Å². The van der Waals surface area contributed by atoms with Gasteiger partial charge in [0.2, 0.25) is 0 Å². The van der Waals surface area contributed by atoms with E-state index in [4.69, 9.17) is 9.47 Å². The second kappa shape index (κ2) is 10.2. The lowest BCUT2D eigenvalue weighted by molar-refractivity contribution is 0.122. The highest BCUT2D eigenvalue weighted by molar-refractivity contribution is 7.89. The number of ether oxygens (including phenoxy) is 2. The summed E-state index contributed by atoms with van der Waals surface area (Å²) in [6.45, 7) is 4.69. The lowest BCUT2D eigenvalue weighted by Crippen LogP contribution is -2.39. The molecule has 5 rings (SSSR count). The van der Waals surface area contributed by atoms with Gasteiger partial charge in [0.1, 0.15) is 11.5 Å². The zero-order valence-electron chi connectivity index (χ0n) is 21.1. The molecule has 36 heavy (non-hydrogen) atoms. The Morgan fingerprint density at radius 2 is 1.47 bits per heavy atom. The average Bonchev–Trinajstić information content (AvgIpc) is 3.60. The molecule has 2 heterocycles. The fourth-order valence-electron chi connectivity index (χ4n) is 4.58. The number of methoxy groups -OCH3 is 2. The Labute approximate surface area is 213 Å². The van der Waals surface area contributed by atoms with Crippen molar-refractivity contribution in [3.05, 3.63) is 71.4 Å². The molecule has 0 N–H and O–H groups in total. The summed E-state index contributed by atoms with van der Waals surface area (Å²) in [4.78, 5) is 2.37. The molecule has 1 aromatic heterocycles. The topological polar surface area (TPSA) is 76.9 Å². The zero-order chi connectivity index (χ0) is 25.3. The van der Waals surface area contributed by atoms with E-state index in [1.54, 1.807) is 20.3 Å². The van der Waals surface area contributed by atoms with Gasteiger partial charge in [0.15, 0.2) is 5.03 Å². The van der Waals surface area contributed by atoms with Crippen LogP contribution in [0.2, 0.25) is 0 Å². The molecule has 0 amide bonds. The maximum atomic E-state index is 14.1. The summed E-state index contributed by atoms with van der Waals surface area (Å²) >= 11 is 0. The Morgan fingerprint density at radius 1 is 0.944 bits per heavy atom. The van der Waals surface area contributed by atoms with Crippen LogP contribution in [0.25, 0.3) is 0 Å². The first-order valence-corrected chi connectivity index (χ1v) is 13.9. The highest BCUT2D eigenvalue weighted by atomic mass is 32.2. The Morgan fingerprint density at radius 3 is 1.89 bits per heavy atom. The third kappa shape index (κ3) is 5.14. The third-order valence-electron chi connectivity index (χ3n) is 7.14. The summed E-state index contributed by atoms with van der Waals surface area (Å²) in [5.74, 6) is 1.47. The summed E-state index contributed by atoms with van der Waals surface area (Å²) in [6, 6.07) is 17.2. The van der Waals surface area contributed by atoms with Gasteiger partial charge >= 0.3 is 0 Å². The number of aromatic nitrogens is 2. The normalized spacial score (nSPS) is 17.1. The fraction of sp³-hybridized carbons (Fsp3) is 0.444. The molecular weight excluding hydrogens is 476 g/mol. The van der Waals surface area contributed by atoms with E-state index in [9.17, 15) is 8.42 Å². The van der Waals surface area contributed by atoms with Gasteiger partial charge in [-0.05, 0) is 61.6 Å². The van der Waals surface area contributed by atoms with Gasteiger partial charge in [0, 0.05) is 38.3 Å². The smallest absolute Gasteiger partial charge is 0.263 e. The molecule has 2 fully saturated rings. The Bertz CT molecular complexity index is 1230. The van der Waals surface area contributed by atoms with E-state index >= 15 is 0 Å². The third-order valence-corrected chi connectivity index (χ3v) is 8.81. The molecule has 1 aliphatic carbocycles. The first-order chi connectivity index (χ1) is 17.4. The molecule has 1 aliphatic heterocycles. The minimum atomic E-state index is -3.86. The predicted octanol–water partition coefficient (Wildman–Crippen LogP) is 4.39. The molecule has 9 heteroatoms. The molecule has 0 spiro atoms. The first kappa shape index (κ1) is 24.8. The summed E-state index contributed by atoms with van der Waals surface area (Å²) in [5, 5.41) is 4.81. The maximum Gasteiger partial charge on any atom is 0.263 e. The van der Waals surface area contributed by atoms with E-state index in [1.165, 1.54) is 10.7 Å².